The third-order valence-electron chi connectivity index (χ3n) is 6.56. The molecule has 2 saturated heterocycles. The lowest BCUT2D eigenvalue weighted by molar-refractivity contribution is 0.276. The number of guanidine groups is 1. The Morgan fingerprint density at radius 1 is 1.06 bits per heavy atom. The average molecular weight is 552 g/mol. The fourth-order valence-electron chi connectivity index (χ4n) is 4.76. The van der Waals surface area contributed by atoms with Gasteiger partial charge in [-0.15, -0.1) is 24.0 Å². The number of aromatic nitrogens is 3. The largest absolute Gasteiger partial charge is 0.357 e. The van der Waals surface area contributed by atoms with E-state index in [-0.39, 0.29) is 24.0 Å². The number of aromatic amines is 1. The van der Waals surface area contributed by atoms with Crippen molar-refractivity contribution < 1.29 is 0 Å². The van der Waals surface area contributed by atoms with E-state index in [0.717, 1.165) is 57.3 Å². The van der Waals surface area contributed by atoms with Gasteiger partial charge in [0.05, 0.1) is 6.54 Å². The normalized spacial score (nSPS) is 18.8. The zero-order chi connectivity index (χ0) is 21.3. The minimum atomic E-state index is 0. The van der Waals surface area contributed by atoms with Crippen molar-refractivity contribution in [3.05, 3.63) is 47.5 Å². The molecule has 0 atom stereocenters. The molecule has 2 N–H and O–H groups in total. The first-order valence-electron chi connectivity index (χ1n) is 12.0. The molecule has 3 heterocycles. The highest BCUT2D eigenvalue weighted by Crippen LogP contribution is 2.25. The van der Waals surface area contributed by atoms with Crippen molar-refractivity contribution in [1.29, 1.82) is 0 Å². The summed E-state index contributed by atoms with van der Waals surface area (Å²) < 4.78 is 0. The highest BCUT2D eigenvalue weighted by Gasteiger charge is 2.24. The number of nitrogens with one attached hydrogen (secondary N) is 2. The zero-order valence-electron chi connectivity index (χ0n) is 19.3. The van der Waals surface area contributed by atoms with Crippen molar-refractivity contribution in [2.75, 3.05) is 32.7 Å². The molecule has 1 aromatic heterocycles. The van der Waals surface area contributed by atoms with E-state index in [1.807, 2.05) is 0 Å². The van der Waals surface area contributed by atoms with Crippen LogP contribution in [0.1, 0.15) is 68.3 Å². The summed E-state index contributed by atoms with van der Waals surface area (Å²) in [5.74, 6) is 2.52. The van der Waals surface area contributed by atoms with Crippen LogP contribution in [0.25, 0.3) is 0 Å². The molecule has 8 heteroatoms. The fraction of sp³-hybridized carbons (Fsp3) is 0.625. The number of nitrogens with zero attached hydrogens (tertiary/aromatic N) is 5. The highest BCUT2D eigenvalue weighted by atomic mass is 127. The second-order valence-corrected chi connectivity index (χ2v) is 8.76. The van der Waals surface area contributed by atoms with Crippen molar-refractivity contribution in [3.63, 3.8) is 0 Å². The lowest BCUT2D eigenvalue weighted by Crippen LogP contribution is -2.45. The maximum Gasteiger partial charge on any atom is 0.194 e. The standard InChI is InChI=1S/C24H37N7.HI/c1-2-25-24(31-15-11-20(12-16-31)23-27-19-28-29-23)26-17-21-9-5-6-10-22(21)18-30-13-7-3-4-8-14-30;/h5-6,9-10,19-20H,2-4,7-8,11-18H2,1H3,(H,25,26)(H,27,28,29);1H. The van der Waals surface area contributed by atoms with Gasteiger partial charge in [-0.1, -0.05) is 37.1 Å². The van der Waals surface area contributed by atoms with Gasteiger partial charge in [-0.3, -0.25) is 10.00 Å². The molecule has 1 aromatic carbocycles. The molecule has 0 spiro atoms. The van der Waals surface area contributed by atoms with Gasteiger partial charge in [-0.05, 0) is 56.8 Å². The van der Waals surface area contributed by atoms with E-state index in [4.69, 9.17) is 4.99 Å². The quantitative estimate of drug-likeness (QED) is 0.321. The van der Waals surface area contributed by atoms with Crippen LogP contribution in [0.2, 0.25) is 0 Å². The van der Waals surface area contributed by atoms with Crippen molar-refractivity contribution in [1.82, 2.24) is 30.3 Å². The first-order valence-corrected chi connectivity index (χ1v) is 12.0. The Morgan fingerprint density at radius 2 is 1.78 bits per heavy atom. The van der Waals surface area contributed by atoms with Crippen molar-refractivity contribution in [3.8, 4) is 0 Å². The minimum Gasteiger partial charge on any atom is -0.357 e. The fourth-order valence-corrected chi connectivity index (χ4v) is 4.76. The number of piperidine rings is 1. The molecule has 2 aliphatic rings. The van der Waals surface area contributed by atoms with Crippen LogP contribution in [0.3, 0.4) is 0 Å². The first-order chi connectivity index (χ1) is 15.3. The van der Waals surface area contributed by atoms with E-state index in [0.29, 0.717) is 5.92 Å². The number of hydrogen-bond donors (Lipinski definition) is 2. The Kier molecular flexibility index (Phi) is 10.2. The van der Waals surface area contributed by atoms with Gasteiger partial charge in [-0.2, -0.15) is 5.10 Å². The molecule has 2 fully saturated rings. The van der Waals surface area contributed by atoms with Gasteiger partial charge < -0.3 is 10.2 Å². The summed E-state index contributed by atoms with van der Waals surface area (Å²) >= 11 is 0. The summed E-state index contributed by atoms with van der Waals surface area (Å²) in [5.41, 5.74) is 2.77. The van der Waals surface area contributed by atoms with E-state index in [2.05, 4.69) is 61.5 Å². The van der Waals surface area contributed by atoms with Crippen LogP contribution in [0.4, 0.5) is 0 Å². The smallest absolute Gasteiger partial charge is 0.194 e. The second kappa shape index (κ2) is 13.1. The number of aliphatic imine (C=N–C) groups is 1. The monoisotopic (exact) mass is 551 g/mol. The maximum atomic E-state index is 5.04. The average Bonchev–Trinajstić information content (AvgIpc) is 3.23. The molecule has 0 aliphatic carbocycles. The number of H-pyrrole nitrogens is 1. The predicted octanol–water partition coefficient (Wildman–Crippen LogP) is 4.14. The van der Waals surface area contributed by atoms with Crippen LogP contribution < -0.4 is 5.32 Å². The van der Waals surface area contributed by atoms with Crippen LogP contribution in [-0.2, 0) is 13.1 Å². The topological polar surface area (TPSA) is 72.4 Å². The van der Waals surface area contributed by atoms with E-state index in [1.54, 1.807) is 6.33 Å². The van der Waals surface area contributed by atoms with Gasteiger partial charge in [0.2, 0.25) is 0 Å². The first kappa shape index (κ1) is 25.0. The summed E-state index contributed by atoms with van der Waals surface area (Å²) in [6, 6.07) is 8.84. The second-order valence-electron chi connectivity index (χ2n) is 8.76. The molecule has 0 amide bonds. The van der Waals surface area contributed by atoms with E-state index >= 15 is 0 Å². The zero-order valence-corrected chi connectivity index (χ0v) is 21.6. The molecule has 0 saturated carbocycles. The van der Waals surface area contributed by atoms with Gasteiger partial charge in [0.15, 0.2) is 5.96 Å². The minimum absolute atomic E-state index is 0. The number of rotatable bonds is 6. The highest BCUT2D eigenvalue weighted by molar-refractivity contribution is 14.0. The molecule has 32 heavy (non-hydrogen) atoms. The molecule has 4 rings (SSSR count). The Bertz CT molecular complexity index is 808. The van der Waals surface area contributed by atoms with Gasteiger partial charge >= 0.3 is 0 Å². The molecule has 0 bridgehead atoms. The maximum absolute atomic E-state index is 5.04. The Labute approximate surface area is 209 Å². The number of likely N-dealkylation sites (tertiary alicyclic amines) is 2. The van der Waals surface area contributed by atoms with Crippen LogP contribution in [0, 0.1) is 0 Å². The van der Waals surface area contributed by atoms with Gasteiger partial charge in [0.1, 0.15) is 12.2 Å². The molecular weight excluding hydrogens is 513 g/mol. The summed E-state index contributed by atoms with van der Waals surface area (Å²) in [4.78, 5) is 14.4. The Morgan fingerprint density at radius 3 is 2.44 bits per heavy atom. The van der Waals surface area contributed by atoms with Crippen LogP contribution in [-0.4, -0.2) is 63.7 Å². The Balaban J connectivity index is 0.00000289. The van der Waals surface area contributed by atoms with Crippen LogP contribution in [0.15, 0.2) is 35.6 Å². The van der Waals surface area contributed by atoms with E-state index in [9.17, 15) is 0 Å². The van der Waals surface area contributed by atoms with Crippen molar-refractivity contribution in [2.24, 2.45) is 4.99 Å². The molecule has 176 valence electrons. The summed E-state index contributed by atoms with van der Waals surface area (Å²) in [6.07, 6.45) is 9.17. The SMILES string of the molecule is CCNC(=NCc1ccccc1CN1CCCCCC1)N1CCC(c2ncn[nH]2)CC1.I. The van der Waals surface area contributed by atoms with E-state index in [1.165, 1.54) is 49.9 Å². The van der Waals surface area contributed by atoms with Gasteiger partial charge in [0.25, 0.3) is 0 Å². The number of hydrogen-bond acceptors (Lipinski definition) is 4. The summed E-state index contributed by atoms with van der Waals surface area (Å²) in [6.45, 7) is 9.24. The summed E-state index contributed by atoms with van der Waals surface area (Å²) in [7, 11) is 0. The van der Waals surface area contributed by atoms with E-state index < -0.39 is 0 Å². The van der Waals surface area contributed by atoms with Crippen LogP contribution in [0.5, 0.6) is 0 Å². The molecule has 2 aliphatic heterocycles. The molecular formula is C24H38IN7. The van der Waals surface area contributed by atoms with Crippen molar-refractivity contribution >= 4 is 29.9 Å². The molecule has 2 aromatic rings. The molecule has 0 radical (unpaired) electrons. The lowest BCUT2D eigenvalue weighted by Gasteiger charge is -2.33. The predicted molar refractivity (Wildman–Crippen MR) is 140 cm³/mol. The van der Waals surface area contributed by atoms with Gasteiger partial charge in [0, 0.05) is 32.1 Å². The Hall–Kier alpha value is -1.68. The van der Waals surface area contributed by atoms with Crippen molar-refractivity contribution in [2.45, 2.75) is 64.5 Å². The van der Waals surface area contributed by atoms with Gasteiger partial charge in [-0.25, -0.2) is 9.98 Å². The molecule has 7 nitrogen and oxygen atoms in total. The summed E-state index contributed by atoms with van der Waals surface area (Å²) in [5, 5.41) is 10.6. The molecule has 0 unspecified atom stereocenters. The van der Waals surface area contributed by atoms with Crippen LogP contribution >= 0.6 is 24.0 Å². The number of benzene rings is 1. The lowest BCUT2D eigenvalue weighted by atomic mass is 9.96. The third-order valence-corrected chi connectivity index (χ3v) is 6.56. The number of halogens is 1. The third kappa shape index (κ3) is 6.91.